The van der Waals surface area contributed by atoms with E-state index < -0.39 is 5.79 Å². The molecule has 1 aliphatic heterocycles. The van der Waals surface area contributed by atoms with Crippen LogP contribution in [0.5, 0.6) is 0 Å². The maximum absolute atomic E-state index is 6.00. The molecule has 0 aromatic carbocycles. The minimum Gasteiger partial charge on any atom is -0.345 e. The Morgan fingerprint density at radius 3 is 2.31 bits per heavy atom. The second-order valence-electron chi connectivity index (χ2n) is 5.61. The first kappa shape index (κ1) is 12.8. The van der Waals surface area contributed by atoms with Gasteiger partial charge >= 0.3 is 0 Å². The molecule has 0 radical (unpaired) electrons. The number of rotatable bonds is 3. The smallest absolute Gasteiger partial charge is 0.163 e. The van der Waals surface area contributed by atoms with Gasteiger partial charge in [-0.2, -0.15) is 0 Å². The summed E-state index contributed by atoms with van der Waals surface area (Å²) in [5, 5.41) is 0.883. The molecule has 2 fully saturated rings. The third kappa shape index (κ3) is 3.21. The zero-order chi connectivity index (χ0) is 11.6. The van der Waals surface area contributed by atoms with Crippen LogP contribution in [0, 0.1) is 5.92 Å². The molecule has 1 aliphatic carbocycles. The molecule has 3 heteroatoms. The van der Waals surface area contributed by atoms with Crippen molar-refractivity contribution in [3.05, 3.63) is 0 Å². The van der Waals surface area contributed by atoms with Crippen LogP contribution >= 0.6 is 15.9 Å². The fraction of sp³-hybridized carbons (Fsp3) is 1.00. The molecule has 0 amide bonds. The minimum atomic E-state index is -0.391. The van der Waals surface area contributed by atoms with Crippen LogP contribution in [0.25, 0.3) is 0 Å². The summed E-state index contributed by atoms with van der Waals surface area (Å²) in [4.78, 5) is 0. The lowest BCUT2D eigenvalue weighted by Crippen LogP contribution is -2.27. The van der Waals surface area contributed by atoms with E-state index in [2.05, 4.69) is 15.9 Å². The highest BCUT2D eigenvalue weighted by molar-refractivity contribution is 9.09. The summed E-state index contributed by atoms with van der Waals surface area (Å²) in [6, 6.07) is 0. The molecule has 0 N–H and O–H groups in total. The number of ether oxygens (including phenoxy) is 2. The molecule has 16 heavy (non-hydrogen) atoms. The van der Waals surface area contributed by atoms with Crippen LogP contribution in [0.1, 0.15) is 52.4 Å². The van der Waals surface area contributed by atoms with Crippen molar-refractivity contribution in [3.8, 4) is 0 Å². The van der Waals surface area contributed by atoms with Crippen molar-refractivity contribution < 1.29 is 9.47 Å². The lowest BCUT2D eigenvalue weighted by molar-refractivity contribution is -0.146. The zero-order valence-corrected chi connectivity index (χ0v) is 12.0. The van der Waals surface area contributed by atoms with E-state index in [4.69, 9.17) is 9.47 Å². The van der Waals surface area contributed by atoms with E-state index >= 15 is 0 Å². The van der Waals surface area contributed by atoms with E-state index in [0.29, 0.717) is 0 Å². The molecular weight excluding hydrogens is 268 g/mol. The third-order valence-corrected chi connectivity index (χ3v) is 4.37. The second kappa shape index (κ2) is 5.36. The first-order valence-electron chi connectivity index (χ1n) is 6.52. The van der Waals surface area contributed by atoms with Crippen molar-refractivity contribution in [2.75, 3.05) is 5.33 Å². The Hall–Kier alpha value is 0.400. The predicted molar refractivity (Wildman–Crippen MR) is 68.8 cm³/mol. The van der Waals surface area contributed by atoms with Crippen molar-refractivity contribution in [2.45, 2.75) is 70.4 Å². The van der Waals surface area contributed by atoms with Gasteiger partial charge in [0.2, 0.25) is 0 Å². The average Bonchev–Trinajstić information content (AvgIpc) is 2.54. The first-order chi connectivity index (χ1) is 7.61. The summed E-state index contributed by atoms with van der Waals surface area (Å²) in [6.07, 6.45) is 8.70. The van der Waals surface area contributed by atoms with Crippen LogP contribution in [0.4, 0.5) is 0 Å². The summed E-state index contributed by atoms with van der Waals surface area (Å²) in [5.74, 6) is 0.468. The van der Waals surface area contributed by atoms with Gasteiger partial charge < -0.3 is 9.47 Å². The molecule has 2 rings (SSSR count). The Morgan fingerprint density at radius 2 is 1.69 bits per heavy atom. The van der Waals surface area contributed by atoms with Crippen LogP contribution in [0.3, 0.4) is 0 Å². The number of hydrogen-bond acceptors (Lipinski definition) is 2. The quantitative estimate of drug-likeness (QED) is 0.735. The Morgan fingerprint density at radius 1 is 1.06 bits per heavy atom. The molecular formula is C13H23BrO2. The predicted octanol–water partition coefficient (Wildman–Crippen LogP) is 3.87. The van der Waals surface area contributed by atoms with Gasteiger partial charge in [0.1, 0.15) is 0 Å². The molecule has 0 spiro atoms. The normalized spacial score (nSPS) is 35.4. The van der Waals surface area contributed by atoms with Crippen molar-refractivity contribution >= 4 is 15.9 Å². The van der Waals surface area contributed by atoms with Gasteiger partial charge in [-0.25, -0.2) is 0 Å². The van der Waals surface area contributed by atoms with Crippen LogP contribution in [-0.2, 0) is 9.47 Å². The fourth-order valence-corrected chi connectivity index (χ4v) is 3.54. The molecule has 0 unspecified atom stereocenters. The van der Waals surface area contributed by atoms with Gasteiger partial charge in [0.25, 0.3) is 0 Å². The lowest BCUT2D eigenvalue weighted by Gasteiger charge is -2.25. The zero-order valence-electron chi connectivity index (χ0n) is 10.4. The Labute approximate surface area is 107 Å². The molecule has 94 valence electrons. The molecule has 2 nitrogen and oxygen atoms in total. The van der Waals surface area contributed by atoms with Crippen LogP contribution < -0.4 is 0 Å². The SMILES string of the molecule is CC1(C)O[C@H](CBr)[C@@H](CC2CCCCC2)O1. The lowest BCUT2D eigenvalue weighted by atomic mass is 9.84. The third-order valence-electron chi connectivity index (χ3n) is 3.73. The highest BCUT2D eigenvalue weighted by atomic mass is 79.9. The van der Waals surface area contributed by atoms with E-state index in [1.165, 1.54) is 38.5 Å². The van der Waals surface area contributed by atoms with Gasteiger partial charge in [0.05, 0.1) is 12.2 Å². The van der Waals surface area contributed by atoms with Gasteiger partial charge in [0.15, 0.2) is 5.79 Å². The van der Waals surface area contributed by atoms with Crippen LogP contribution in [-0.4, -0.2) is 23.3 Å². The number of halogens is 1. The van der Waals surface area contributed by atoms with Crippen molar-refractivity contribution in [3.63, 3.8) is 0 Å². The van der Waals surface area contributed by atoms with Crippen molar-refractivity contribution in [1.82, 2.24) is 0 Å². The minimum absolute atomic E-state index is 0.233. The van der Waals surface area contributed by atoms with Crippen LogP contribution in [0.2, 0.25) is 0 Å². The molecule has 1 heterocycles. The Kier molecular flexibility index (Phi) is 4.31. The molecule has 1 saturated carbocycles. The summed E-state index contributed by atoms with van der Waals surface area (Å²) >= 11 is 3.53. The van der Waals surface area contributed by atoms with Crippen molar-refractivity contribution in [2.24, 2.45) is 5.92 Å². The first-order valence-corrected chi connectivity index (χ1v) is 7.64. The Bertz CT molecular complexity index is 224. The summed E-state index contributed by atoms with van der Waals surface area (Å²) in [7, 11) is 0. The molecule has 2 atom stereocenters. The maximum Gasteiger partial charge on any atom is 0.163 e. The molecule has 2 aliphatic rings. The average molecular weight is 291 g/mol. The van der Waals surface area contributed by atoms with Gasteiger partial charge in [-0.05, 0) is 26.2 Å². The van der Waals surface area contributed by atoms with Gasteiger partial charge in [0, 0.05) is 5.33 Å². The molecule has 0 aromatic heterocycles. The molecule has 1 saturated heterocycles. The molecule has 0 bridgehead atoms. The highest BCUT2D eigenvalue weighted by Gasteiger charge is 2.41. The van der Waals surface area contributed by atoms with E-state index in [9.17, 15) is 0 Å². The van der Waals surface area contributed by atoms with Gasteiger partial charge in [-0.3, -0.25) is 0 Å². The van der Waals surface area contributed by atoms with E-state index in [1.807, 2.05) is 13.8 Å². The van der Waals surface area contributed by atoms with Gasteiger partial charge in [-0.15, -0.1) is 0 Å². The maximum atomic E-state index is 6.00. The Balaban J connectivity index is 1.87. The van der Waals surface area contributed by atoms with Crippen LogP contribution in [0.15, 0.2) is 0 Å². The summed E-state index contributed by atoms with van der Waals surface area (Å²) < 4.78 is 11.9. The van der Waals surface area contributed by atoms with E-state index in [1.54, 1.807) is 0 Å². The molecule has 0 aromatic rings. The number of hydrogen-bond donors (Lipinski definition) is 0. The van der Waals surface area contributed by atoms with Gasteiger partial charge in [-0.1, -0.05) is 48.0 Å². The second-order valence-corrected chi connectivity index (χ2v) is 6.25. The summed E-state index contributed by atoms with van der Waals surface area (Å²) in [5.41, 5.74) is 0. The fourth-order valence-electron chi connectivity index (χ4n) is 2.99. The largest absolute Gasteiger partial charge is 0.345 e. The standard InChI is InChI=1S/C13H23BrO2/c1-13(2)15-11(12(9-14)16-13)8-10-6-4-3-5-7-10/h10-12H,3-9H2,1-2H3/t11-,12-/m1/s1. The van der Waals surface area contributed by atoms with Crippen molar-refractivity contribution in [1.29, 1.82) is 0 Å². The topological polar surface area (TPSA) is 18.5 Å². The summed E-state index contributed by atoms with van der Waals surface area (Å²) in [6.45, 7) is 4.03. The monoisotopic (exact) mass is 290 g/mol. The van der Waals surface area contributed by atoms with E-state index in [0.717, 1.165) is 11.2 Å². The highest BCUT2D eigenvalue weighted by Crippen LogP contribution is 2.36. The van der Waals surface area contributed by atoms with E-state index in [-0.39, 0.29) is 12.2 Å². The number of alkyl halides is 1.